The Morgan fingerprint density at radius 2 is 1.39 bits per heavy atom. The Hall–Kier alpha value is -0.830. The topological polar surface area (TPSA) is 21.3 Å². The minimum Gasteiger partial charge on any atom is -0.471 e. The van der Waals surface area contributed by atoms with E-state index in [0.717, 1.165) is 31.7 Å². The Balaban J connectivity index is 3.76. The molecule has 1 N–H and O–H groups in total. The van der Waals surface area contributed by atoms with Crippen LogP contribution in [0.5, 0.6) is 0 Å². The van der Waals surface area contributed by atoms with E-state index >= 15 is 0 Å². The summed E-state index contributed by atoms with van der Waals surface area (Å²) >= 11 is 5.33. The molecule has 0 saturated carbocycles. The summed E-state index contributed by atoms with van der Waals surface area (Å²) in [6.07, 6.45) is 23.1. The Kier molecular flexibility index (Phi) is 22.4. The zero-order valence-corrected chi connectivity index (χ0v) is 24.0. The lowest BCUT2D eigenvalue weighted by Crippen LogP contribution is -2.25. The van der Waals surface area contributed by atoms with E-state index in [-0.39, 0.29) is 0 Å². The lowest BCUT2D eigenvalue weighted by atomic mass is 10.0. The van der Waals surface area contributed by atoms with Crippen LogP contribution in [0.2, 0.25) is 0 Å². The second-order valence-electron chi connectivity index (χ2n) is 10.4. The number of hydrogen-bond acceptors (Lipinski definition) is 2. The number of allylic oxidation sites excluding steroid dienone is 3. The van der Waals surface area contributed by atoms with E-state index in [1.54, 1.807) is 5.57 Å². The third-order valence-corrected chi connectivity index (χ3v) is 6.87. The van der Waals surface area contributed by atoms with Crippen molar-refractivity contribution < 1.29 is 4.74 Å². The molecule has 0 aliphatic rings. The van der Waals surface area contributed by atoms with Crippen molar-refractivity contribution in [1.29, 1.82) is 0 Å². The highest BCUT2D eigenvalue weighted by Gasteiger charge is 2.01. The summed E-state index contributed by atoms with van der Waals surface area (Å²) in [5.41, 5.74) is 4.49. The van der Waals surface area contributed by atoms with Crippen molar-refractivity contribution in [3.63, 3.8) is 0 Å². The molecule has 194 valence electrons. The number of rotatable bonds is 21. The summed E-state index contributed by atoms with van der Waals surface area (Å²) in [7, 11) is 0. The van der Waals surface area contributed by atoms with Crippen molar-refractivity contribution in [3.8, 4) is 0 Å². The zero-order chi connectivity index (χ0) is 24.7. The van der Waals surface area contributed by atoms with E-state index < -0.39 is 0 Å². The van der Waals surface area contributed by atoms with Gasteiger partial charge in [-0.25, -0.2) is 0 Å². The van der Waals surface area contributed by atoms with E-state index in [4.69, 9.17) is 17.0 Å². The molecule has 0 heterocycles. The second kappa shape index (κ2) is 22.9. The third kappa shape index (κ3) is 22.7. The summed E-state index contributed by atoms with van der Waals surface area (Å²) in [5, 5.41) is 3.83. The molecule has 2 nitrogen and oxygen atoms in total. The molecule has 0 fully saturated rings. The maximum Gasteiger partial charge on any atom is 0.256 e. The average Bonchev–Trinajstić information content (AvgIpc) is 2.77. The van der Waals surface area contributed by atoms with Gasteiger partial charge < -0.3 is 10.1 Å². The van der Waals surface area contributed by atoms with Gasteiger partial charge in [-0.3, -0.25) is 0 Å². The third-order valence-electron chi connectivity index (χ3n) is 6.60. The van der Waals surface area contributed by atoms with Gasteiger partial charge in [0, 0.05) is 13.0 Å². The van der Waals surface area contributed by atoms with Gasteiger partial charge in [0.15, 0.2) is 0 Å². The number of ether oxygens (including phenoxy) is 1. The van der Waals surface area contributed by atoms with Crippen molar-refractivity contribution in [1.82, 2.24) is 5.32 Å². The molecular formula is C30H57NOS. The molecule has 0 aliphatic heterocycles. The Morgan fingerprint density at radius 1 is 0.788 bits per heavy atom. The van der Waals surface area contributed by atoms with Gasteiger partial charge in [0.1, 0.15) is 0 Å². The van der Waals surface area contributed by atoms with Crippen LogP contribution in [0.15, 0.2) is 22.8 Å². The van der Waals surface area contributed by atoms with E-state index in [0.29, 0.717) is 11.8 Å². The molecular weight excluding hydrogens is 422 g/mol. The van der Waals surface area contributed by atoms with Crippen LogP contribution in [-0.2, 0) is 4.74 Å². The smallest absolute Gasteiger partial charge is 0.256 e. The van der Waals surface area contributed by atoms with Crippen molar-refractivity contribution >= 4 is 17.4 Å². The summed E-state index contributed by atoms with van der Waals surface area (Å²) in [6, 6.07) is 0. The molecule has 0 bridgehead atoms. The minimum absolute atomic E-state index is 0.566. The molecule has 0 aromatic carbocycles. The summed E-state index contributed by atoms with van der Waals surface area (Å²) < 4.78 is 5.73. The second-order valence-corrected chi connectivity index (χ2v) is 10.8. The standard InChI is InChI=1S/C30H57NOS/c1-7-8-9-10-11-12-13-14-17-24-31-30(33)32-25-23-29(6)28(5)22-18-21-27(4)20-16-15-19-26(2)3/h21,26H,7-20,22-25H2,1-6H3,(H,31,33). The Labute approximate surface area is 213 Å². The monoisotopic (exact) mass is 479 g/mol. The van der Waals surface area contributed by atoms with Gasteiger partial charge in [0.25, 0.3) is 5.17 Å². The first-order valence-corrected chi connectivity index (χ1v) is 14.5. The number of hydrogen-bond donors (Lipinski definition) is 1. The van der Waals surface area contributed by atoms with Gasteiger partial charge in [0.05, 0.1) is 6.61 Å². The van der Waals surface area contributed by atoms with Gasteiger partial charge >= 0.3 is 0 Å². The highest BCUT2D eigenvalue weighted by Crippen LogP contribution is 2.17. The maximum atomic E-state index is 5.73. The number of unbranched alkanes of at least 4 members (excludes halogenated alkanes) is 9. The molecule has 0 aromatic heterocycles. The fourth-order valence-corrected chi connectivity index (χ4v) is 4.18. The molecule has 0 aromatic rings. The quantitative estimate of drug-likeness (QED) is 0.100. The van der Waals surface area contributed by atoms with Gasteiger partial charge in [-0.05, 0) is 71.0 Å². The van der Waals surface area contributed by atoms with Crippen LogP contribution in [0.3, 0.4) is 0 Å². The van der Waals surface area contributed by atoms with Crippen molar-refractivity contribution in [2.45, 2.75) is 144 Å². The summed E-state index contributed by atoms with van der Waals surface area (Å²) in [4.78, 5) is 0. The lowest BCUT2D eigenvalue weighted by Gasteiger charge is -2.11. The largest absolute Gasteiger partial charge is 0.471 e. The van der Waals surface area contributed by atoms with E-state index in [9.17, 15) is 0 Å². The molecule has 0 unspecified atom stereocenters. The van der Waals surface area contributed by atoms with Crippen LogP contribution in [0.1, 0.15) is 144 Å². The van der Waals surface area contributed by atoms with Crippen LogP contribution in [0.4, 0.5) is 0 Å². The van der Waals surface area contributed by atoms with Crippen molar-refractivity contribution in [3.05, 3.63) is 22.8 Å². The Morgan fingerprint density at radius 3 is 2.03 bits per heavy atom. The van der Waals surface area contributed by atoms with E-state index in [1.807, 2.05) is 0 Å². The first-order valence-electron chi connectivity index (χ1n) is 14.1. The fraction of sp³-hybridized carbons (Fsp3) is 0.833. The van der Waals surface area contributed by atoms with E-state index in [2.05, 4.69) is 52.9 Å². The van der Waals surface area contributed by atoms with Crippen molar-refractivity contribution in [2.24, 2.45) is 5.92 Å². The molecule has 0 aliphatic carbocycles. The average molecular weight is 480 g/mol. The summed E-state index contributed by atoms with van der Waals surface area (Å²) in [5.74, 6) is 0.832. The molecule has 0 rings (SSSR count). The normalized spacial score (nSPS) is 12.8. The van der Waals surface area contributed by atoms with Crippen LogP contribution < -0.4 is 5.32 Å². The SMILES string of the molecule is CCCCCCCCCCCNC(=S)OCCC(C)=C(C)CCC=C(C)CCCCC(C)C. The van der Waals surface area contributed by atoms with Gasteiger partial charge in [0.2, 0.25) is 0 Å². The van der Waals surface area contributed by atoms with Crippen LogP contribution in [-0.4, -0.2) is 18.3 Å². The first kappa shape index (κ1) is 32.2. The molecule has 0 amide bonds. The molecule has 0 radical (unpaired) electrons. The zero-order valence-electron chi connectivity index (χ0n) is 23.2. The molecule has 33 heavy (non-hydrogen) atoms. The molecule has 0 saturated heterocycles. The maximum absolute atomic E-state index is 5.73. The lowest BCUT2D eigenvalue weighted by molar-refractivity contribution is 0.301. The van der Waals surface area contributed by atoms with Crippen molar-refractivity contribution in [2.75, 3.05) is 13.2 Å². The number of nitrogens with one attached hydrogen (secondary N) is 1. The van der Waals surface area contributed by atoms with E-state index in [1.165, 1.54) is 94.6 Å². The molecule has 0 atom stereocenters. The van der Waals surface area contributed by atoms with Crippen LogP contribution >= 0.6 is 12.2 Å². The van der Waals surface area contributed by atoms with Gasteiger partial charge in [-0.1, -0.05) is 108 Å². The van der Waals surface area contributed by atoms with Crippen LogP contribution in [0.25, 0.3) is 0 Å². The number of thiocarbonyl (C=S) groups is 1. The van der Waals surface area contributed by atoms with Crippen LogP contribution in [0, 0.1) is 5.92 Å². The molecule has 3 heteroatoms. The highest BCUT2D eigenvalue weighted by molar-refractivity contribution is 7.80. The Bertz CT molecular complexity index is 535. The van der Waals surface area contributed by atoms with Gasteiger partial charge in [-0.15, -0.1) is 0 Å². The summed E-state index contributed by atoms with van der Waals surface area (Å²) in [6.45, 7) is 15.3. The predicted molar refractivity (Wildman–Crippen MR) is 153 cm³/mol. The van der Waals surface area contributed by atoms with Gasteiger partial charge in [-0.2, -0.15) is 0 Å². The fourth-order valence-electron chi connectivity index (χ4n) is 3.99. The molecule has 0 spiro atoms. The predicted octanol–water partition coefficient (Wildman–Crippen LogP) is 10.1. The minimum atomic E-state index is 0.566. The highest BCUT2D eigenvalue weighted by atomic mass is 32.1. The first-order chi connectivity index (χ1) is 15.9.